The molecule has 2 heterocycles. The lowest BCUT2D eigenvalue weighted by atomic mass is 10.0. The molecule has 0 radical (unpaired) electrons. The molecule has 3 aromatic rings. The van der Waals surface area contributed by atoms with E-state index in [-0.39, 0.29) is 41.7 Å². The molecule has 2 amide bonds. The quantitative estimate of drug-likeness (QED) is 0.273. The van der Waals surface area contributed by atoms with E-state index >= 15 is 0 Å². The lowest BCUT2D eigenvalue weighted by Crippen LogP contribution is -2.35. The second-order valence-electron chi connectivity index (χ2n) is 11.1. The molecule has 2 unspecified atom stereocenters. The SMILES string of the molecule is CCC[C@H](C)C(=O)Nc1ccc(C2CCC(c3ccc(NC(=O)[C@@H]4CCCN4)cc3)N2c2ccc(F)cc2)cc1. The van der Waals surface area contributed by atoms with Gasteiger partial charge in [0.1, 0.15) is 5.82 Å². The Morgan fingerprint density at radius 1 is 0.875 bits per heavy atom. The van der Waals surface area contributed by atoms with Gasteiger partial charge in [0.15, 0.2) is 0 Å². The maximum Gasteiger partial charge on any atom is 0.241 e. The number of hydrogen-bond donors (Lipinski definition) is 3. The van der Waals surface area contributed by atoms with Crippen molar-refractivity contribution in [1.29, 1.82) is 0 Å². The van der Waals surface area contributed by atoms with Gasteiger partial charge in [0.05, 0.1) is 18.1 Å². The van der Waals surface area contributed by atoms with Crippen LogP contribution >= 0.6 is 0 Å². The number of carbonyl (C=O) groups is 2. The van der Waals surface area contributed by atoms with Crippen LogP contribution in [-0.4, -0.2) is 24.4 Å². The van der Waals surface area contributed by atoms with Crippen LogP contribution in [0.4, 0.5) is 21.5 Å². The largest absolute Gasteiger partial charge is 0.357 e. The Kier molecular flexibility index (Phi) is 8.80. The van der Waals surface area contributed by atoms with E-state index in [4.69, 9.17) is 0 Å². The number of hydrogen-bond acceptors (Lipinski definition) is 4. The van der Waals surface area contributed by atoms with Crippen LogP contribution in [0.2, 0.25) is 0 Å². The summed E-state index contributed by atoms with van der Waals surface area (Å²) >= 11 is 0. The average molecular weight is 543 g/mol. The van der Waals surface area contributed by atoms with Crippen LogP contribution in [0.3, 0.4) is 0 Å². The van der Waals surface area contributed by atoms with Gasteiger partial charge in [0.25, 0.3) is 0 Å². The van der Waals surface area contributed by atoms with E-state index in [0.717, 1.165) is 73.3 Å². The molecule has 210 valence electrons. The van der Waals surface area contributed by atoms with Gasteiger partial charge in [-0.3, -0.25) is 9.59 Å². The van der Waals surface area contributed by atoms with Crippen molar-refractivity contribution in [3.8, 4) is 0 Å². The third kappa shape index (κ3) is 6.36. The molecule has 0 saturated carbocycles. The van der Waals surface area contributed by atoms with E-state index in [0.29, 0.717) is 0 Å². The van der Waals surface area contributed by atoms with Crippen LogP contribution in [0, 0.1) is 11.7 Å². The molecule has 6 nitrogen and oxygen atoms in total. The summed E-state index contributed by atoms with van der Waals surface area (Å²) in [6.07, 6.45) is 5.61. The number of halogens is 1. The van der Waals surface area contributed by atoms with E-state index in [1.54, 1.807) is 0 Å². The van der Waals surface area contributed by atoms with Crippen molar-refractivity contribution in [3.05, 3.63) is 89.7 Å². The Hall–Kier alpha value is -3.71. The van der Waals surface area contributed by atoms with Gasteiger partial charge in [-0.2, -0.15) is 0 Å². The number of anilines is 3. The highest BCUT2D eigenvalue weighted by Crippen LogP contribution is 2.47. The Morgan fingerprint density at radius 3 is 1.98 bits per heavy atom. The molecule has 2 aliphatic heterocycles. The summed E-state index contributed by atoms with van der Waals surface area (Å²) in [7, 11) is 0. The van der Waals surface area contributed by atoms with Crippen LogP contribution in [0.25, 0.3) is 0 Å². The van der Waals surface area contributed by atoms with E-state index in [9.17, 15) is 14.0 Å². The van der Waals surface area contributed by atoms with E-state index < -0.39 is 0 Å². The molecule has 2 saturated heterocycles. The van der Waals surface area contributed by atoms with Gasteiger partial charge in [-0.25, -0.2) is 4.39 Å². The third-order valence-corrected chi connectivity index (χ3v) is 8.18. The second kappa shape index (κ2) is 12.6. The fraction of sp³-hybridized carbons (Fsp3) is 0.394. The van der Waals surface area contributed by atoms with Crippen molar-refractivity contribution >= 4 is 28.9 Å². The number of nitrogens with one attached hydrogen (secondary N) is 3. The molecule has 0 spiro atoms. The predicted octanol–water partition coefficient (Wildman–Crippen LogP) is 6.97. The maximum atomic E-state index is 13.8. The average Bonchev–Trinajstić information content (AvgIpc) is 3.66. The van der Waals surface area contributed by atoms with Gasteiger partial charge < -0.3 is 20.9 Å². The monoisotopic (exact) mass is 542 g/mol. The Labute approximate surface area is 236 Å². The number of carbonyl (C=O) groups excluding carboxylic acids is 2. The third-order valence-electron chi connectivity index (χ3n) is 8.18. The molecule has 5 rings (SSSR count). The van der Waals surface area contributed by atoms with Crippen LogP contribution in [0.15, 0.2) is 72.8 Å². The first-order chi connectivity index (χ1) is 19.4. The molecule has 2 aliphatic rings. The van der Waals surface area contributed by atoms with Crippen molar-refractivity contribution in [3.63, 3.8) is 0 Å². The normalized spacial score (nSPS) is 21.3. The first kappa shape index (κ1) is 27.8. The highest BCUT2D eigenvalue weighted by molar-refractivity contribution is 5.95. The zero-order valence-corrected chi connectivity index (χ0v) is 23.3. The molecule has 4 atom stereocenters. The molecule has 3 N–H and O–H groups in total. The Balaban J connectivity index is 1.34. The standard InChI is InChI=1S/C33H39FN4O2/c1-3-5-22(2)32(39)36-26-13-7-23(8-14-26)30-19-20-31(38(30)28-17-11-25(34)12-18-28)24-9-15-27(16-10-24)37-33(40)29-6-4-21-35-29/h7-18,22,29-31,35H,3-6,19-21H2,1-2H3,(H,36,39)(H,37,40)/t22-,29-,30?,31?/m0/s1. The minimum atomic E-state index is -0.259. The van der Waals surface area contributed by atoms with Gasteiger partial charge in [0.2, 0.25) is 11.8 Å². The highest BCUT2D eigenvalue weighted by atomic mass is 19.1. The molecule has 0 aromatic heterocycles. The van der Waals surface area contributed by atoms with Crippen LogP contribution < -0.4 is 20.9 Å². The first-order valence-corrected chi connectivity index (χ1v) is 14.5. The van der Waals surface area contributed by atoms with Crippen LogP contribution in [-0.2, 0) is 9.59 Å². The van der Waals surface area contributed by atoms with Crippen LogP contribution in [0.1, 0.15) is 75.6 Å². The Morgan fingerprint density at radius 2 is 1.45 bits per heavy atom. The summed E-state index contributed by atoms with van der Waals surface area (Å²) < 4.78 is 13.8. The number of nitrogens with zero attached hydrogens (tertiary/aromatic N) is 1. The van der Waals surface area contributed by atoms with E-state index in [2.05, 4.69) is 52.0 Å². The summed E-state index contributed by atoms with van der Waals surface area (Å²) in [5.74, 6) is -0.222. The summed E-state index contributed by atoms with van der Waals surface area (Å²) in [4.78, 5) is 27.4. The topological polar surface area (TPSA) is 73.5 Å². The molecule has 40 heavy (non-hydrogen) atoms. The van der Waals surface area contributed by atoms with Gasteiger partial charge in [-0.15, -0.1) is 0 Å². The summed E-state index contributed by atoms with van der Waals surface area (Å²) in [5, 5.41) is 9.31. The number of rotatable bonds is 9. The fourth-order valence-corrected chi connectivity index (χ4v) is 5.98. The predicted molar refractivity (Wildman–Crippen MR) is 159 cm³/mol. The number of benzene rings is 3. The van der Waals surface area contributed by atoms with E-state index in [1.165, 1.54) is 12.1 Å². The summed E-state index contributed by atoms with van der Waals surface area (Å²) in [6, 6.07) is 23.0. The van der Waals surface area contributed by atoms with Crippen molar-refractivity contribution in [2.45, 2.75) is 70.5 Å². The molecular weight excluding hydrogens is 503 g/mol. The Bertz CT molecular complexity index is 1290. The minimum absolute atomic E-state index is 0.0126. The molecular formula is C33H39FN4O2. The summed E-state index contributed by atoms with van der Waals surface area (Å²) in [6.45, 7) is 4.93. The zero-order chi connectivity index (χ0) is 28.1. The lowest BCUT2D eigenvalue weighted by Gasteiger charge is -2.33. The smallest absolute Gasteiger partial charge is 0.241 e. The fourth-order valence-electron chi connectivity index (χ4n) is 5.98. The van der Waals surface area contributed by atoms with Crippen molar-refractivity contribution in [2.75, 3.05) is 22.1 Å². The van der Waals surface area contributed by atoms with Crippen molar-refractivity contribution < 1.29 is 14.0 Å². The minimum Gasteiger partial charge on any atom is -0.357 e. The van der Waals surface area contributed by atoms with E-state index in [1.807, 2.05) is 43.3 Å². The first-order valence-electron chi connectivity index (χ1n) is 14.5. The second-order valence-corrected chi connectivity index (χ2v) is 11.1. The molecule has 3 aromatic carbocycles. The molecule has 2 fully saturated rings. The molecule has 0 bridgehead atoms. The van der Waals surface area contributed by atoms with Gasteiger partial charge in [-0.1, -0.05) is 44.5 Å². The lowest BCUT2D eigenvalue weighted by molar-refractivity contribution is -0.119. The number of amides is 2. The van der Waals surface area contributed by atoms with Gasteiger partial charge in [0, 0.05) is 23.0 Å². The maximum absolute atomic E-state index is 13.8. The van der Waals surface area contributed by atoms with Crippen molar-refractivity contribution in [2.24, 2.45) is 5.92 Å². The highest BCUT2D eigenvalue weighted by Gasteiger charge is 2.35. The van der Waals surface area contributed by atoms with Gasteiger partial charge >= 0.3 is 0 Å². The van der Waals surface area contributed by atoms with Crippen LogP contribution in [0.5, 0.6) is 0 Å². The molecule has 0 aliphatic carbocycles. The van der Waals surface area contributed by atoms with Crippen molar-refractivity contribution in [1.82, 2.24) is 5.32 Å². The zero-order valence-electron chi connectivity index (χ0n) is 23.3. The van der Waals surface area contributed by atoms with Gasteiger partial charge in [-0.05, 0) is 98.3 Å². The summed E-state index contributed by atoms with van der Waals surface area (Å²) in [5.41, 5.74) is 4.85. The molecule has 7 heteroatoms.